The lowest BCUT2D eigenvalue weighted by Gasteiger charge is -2.10. The predicted octanol–water partition coefficient (Wildman–Crippen LogP) is 4.20. The maximum atomic E-state index is 12.7. The highest BCUT2D eigenvalue weighted by Gasteiger charge is 2.18. The number of ether oxygens (including phenoxy) is 1. The molecule has 0 radical (unpaired) electrons. The second-order valence-electron chi connectivity index (χ2n) is 6.19. The molecule has 0 saturated heterocycles. The first-order valence-corrected chi connectivity index (χ1v) is 8.98. The smallest absolute Gasteiger partial charge is 0.364 e. The number of fused-ring (bicyclic) bond motifs is 1. The van der Waals surface area contributed by atoms with Gasteiger partial charge in [0.05, 0.1) is 5.39 Å². The van der Waals surface area contributed by atoms with E-state index in [0.717, 1.165) is 25.7 Å². The Hall–Kier alpha value is -2.95. The van der Waals surface area contributed by atoms with Crippen LogP contribution >= 0.6 is 0 Å². The van der Waals surface area contributed by atoms with Gasteiger partial charge < -0.3 is 4.74 Å². The van der Waals surface area contributed by atoms with Crippen molar-refractivity contribution in [3.63, 3.8) is 0 Å². The number of hydrogen-bond donors (Lipinski definition) is 0. The number of nitrogens with zero attached hydrogens (tertiary/aromatic N) is 2. The summed E-state index contributed by atoms with van der Waals surface area (Å²) >= 11 is 0. The van der Waals surface area contributed by atoms with Crippen LogP contribution in [0.3, 0.4) is 0 Å². The molecule has 0 atom stereocenters. The predicted molar refractivity (Wildman–Crippen MR) is 102 cm³/mol. The monoisotopic (exact) mass is 350 g/mol. The van der Waals surface area contributed by atoms with E-state index in [1.54, 1.807) is 48.5 Å². The normalized spacial score (nSPS) is 10.8. The average Bonchev–Trinajstić information content (AvgIpc) is 2.67. The second-order valence-corrected chi connectivity index (χ2v) is 6.19. The third-order valence-electron chi connectivity index (χ3n) is 4.24. The molecule has 0 amide bonds. The third kappa shape index (κ3) is 3.99. The Bertz CT molecular complexity index is 948. The molecule has 1 heterocycles. The zero-order valence-corrected chi connectivity index (χ0v) is 14.9. The van der Waals surface area contributed by atoms with E-state index in [0.29, 0.717) is 23.1 Å². The molecule has 5 nitrogen and oxygen atoms in total. The first kappa shape index (κ1) is 17.9. The van der Waals surface area contributed by atoms with Gasteiger partial charge in [0.15, 0.2) is 5.69 Å². The maximum Gasteiger partial charge on any atom is 0.364 e. The zero-order valence-electron chi connectivity index (χ0n) is 14.9. The van der Waals surface area contributed by atoms with Crippen molar-refractivity contribution in [3.05, 3.63) is 70.6 Å². The molecule has 0 aliphatic carbocycles. The van der Waals surface area contributed by atoms with Crippen LogP contribution in [-0.2, 0) is 6.54 Å². The number of esters is 1. The van der Waals surface area contributed by atoms with E-state index in [-0.39, 0.29) is 11.3 Å². The van der Waals surface area contributed by atoms with Crippen molar-refractivity contribution in [3.8, 4) is 5.75 Å². The Morgan fingerprint density at radius 2 is 1.65 bits per heavy atom. The quantitative estimate of drug-likeness (QED) is 0.364. The largest absolute Gasteiger partial charge is 0.422 e. The van der Waals surface area contributed by atoms with Crippen LogP contribution in [0.5, 0.6) is 5.75 Å². The van der Waals surface area contributed by atoms with Crippen molar-refractivity contribution < 1.29 is 9.53 Å². The Labute approximate surface area is 152 Å². The Morgan fingerprint density at radius 3 is 2.38 bits per heavy atom. The Kier molecular flexibility index (Phi) is 5.79. The van der Waals surface area contributed by atoms with Crippen molar-refractivity contribution >= 4 is 16.7 Å². The molecule has 134 valence electrons. The van der Waals surface area contributed by atoms with Gasteiger partial charge in [-0.1, -0.05) is 62.6 Å². The molecule has 0 N–H and O–H groups in total. The van der Waals surface area contributed by atoms with Crippen LogP contribution in [-0.4, -0.2) is 15.7 Å². The molecule has 3 aromatic rings. The van der Waals surface area contributed by atoms with E-state index in [1.165, 1.54) is 4.68 Å². The molecule has 26 heavy (non-hydrogen) atoms. The number of rotatable bonds is 7. The number of carbonyl (C=O) groups is 1. The lowest BCUT2D eigenvalue weighted by atomic mass is 10.1. The average molecular weight is 350 g/mol. The number of aromatic nitrogens is 2. The van der Waals surface area contributed by atoms with Gasteiger partial charge in [-0.15, -0.1) is 0 Å². The topological polar surface area (TPSA) is 61.2 Å². The van der Waals surface area contributed by atoms with E-state index < -0.39 is 5.97 Å². The standard InChI is InChI=1S/C21H22N2O3/c1-2-3-4-10-15-23-20(24)18-14-9-8-13-17(18)19(22-23)21(25)26-16-11-6-5-7-12-16/h5-9,11-14H,2-4,10,15H2,1H3. The molecule has 0 aliphatic heterocycles. The highest BCUT2D eigenvalue weighted by atomic mass is 16.5. The Balaban J connectivity index is 1.96. The molecule has 1 aromatic heterocycles. The van der Waals surface area contributed by atoms with Gasteiger partial charge in [0, 0.05) is 11.9 Å². The van der Waals surface area contributed by atoms with Crippen LogP contribution in [0, 0.1) is 0 Å². The SMILES string of the molecule is CCCCCCn1nc(C(=O)Oc2ccccc2)c2ccccc2c1=O. The molecule has 2 aromatic carbocycles. The molecule has 5 heteroatoms. The minimum Gasteiger partial charge on any atom is -0.422 e. The number of para-hydroxylation sites is 1. The van der Waals surface area contributed by atoms with Crippen LogP contribution in [0.1, 0.15) is 43.1 Å². The van der Waals surface area contributed by atoms with E-state index in [1.807, 2.05) is 6.07 Å². The van der Waals surface area contributed by atoms with Crippen molar-refractivity contribution in [2.45, 2.75) is 39.2 Å². The molecule has 0 saturated carbocycles. The fourth-order valence-electron chi connectivity index (χ4n) is 2.87. The highest BCUT2D eigenvalue weighted by molar-refractivity contribution is 6.02. The van der Waals surface area contributed by atoms with Crippen LogP contribution in [0.2, 0.25) is 0 Å². The van der Waals surface area contributed by atoms with Gasteiger partial charge in [0.1, 0.15) is 5.75 Å². The van der Waals surface area contributed by atoms with Crippen molar-refractivity contribution in [2.75, 3.05) is 0 Å². The summed E-state index contributed by atoms with van der Waals surface area (Å²) in [5.41, 5.74) is -0.00657. The fourth-order valence-corrected chi connectivity index (χ4v) is 2.87. The molecule has 0 fully saturated rings. The van der Waals surface area contributed by atoms with E-state index in [4.69, 9.17) is 4.74 Å². The van der Waals surface area contributed by atoms with Crippen LogP contribution in [0.15, 0.2) is 59.4 Å². The second kappa shape index (κ2) is 8.43. The van der Waals surface area contributed by atoms with E-state index in [2.05, 4.69) is 12.0 Å². The summed E-state index contributed by atoms with van der Waals surface area (Å²) in [5.74, 6) is -0.112. The maximum absolute atomic E-state index is 12.7. The number of aryl methyl sites for hydroxylation is 1. The summed E-state index contributed by atoms with van der Waals surface area (Å²) in [6.07, 6.45) is 4.12. The van der Waals surface area contributed by atoms with Crippen LogP contribution in [0.4, 0.5) is 0 Å². The van der Waals surface area contributed by atoms with Crippen molar-refractivity contribution in [2.24, 2.45) is 0 Å². The summed E-state index contributed by atoms with van der Waals surface area (Å²) in [7, 11) is 0. The number of hydrogen-bond acceptors (Lipinski definition) is 4. The van der Waals surface area contributed by atoms with Crippen LogP contribution < -0.4 is 10.3 Å². The highest BCUT2D eigenvalue weighted by Crippen LogP contribution is 2.17. The van der Waals surface area contributed by atoms with Gasteiger partial charge in [0.2, 0.25) is 0 Å². The summed E-state index contributed by atoms with van der Waals surface area (Å²) in [6.45, 7) is 2.63. The van der Waals surface area contributed by atoms with Gasteiger partial charge in [-0.3, -0.25) is 4.79 Å². The van der Waals surface area contributed by atoms with Crippen molar-refractivity contribution in [1.29, 1.82) is 0 Å². The summed E-state index contributed by atoms with van der Waals surface area (Å²) in [5, 5.41) is 5.32. The molecule has 3 rings (SSSR count). The number of unbranched alkanes of at least 4 members (excludes halogenated alkanes) is 3. The first-order valence-electron chi connectivity index (χ1n) is 8.98. The molecule has 0 bridgehead atoms. The molecule has 0 unspecified atom stereocenters. The van der Waals surface area contributed by atoms with Gasteiger partial charge in [-0.2, -0.15) is 5.10 Å². The van der Waals surface area contributed by atoms with Gasteiger partial charge in [-0.05, 0) is 24.6 Å². The molecule has 0 spiro atoms. The number of benzene rings is 2. The fraction of sp³-hybridized carbons (Fsp3) is 0.286. The van der Waals surface area contributed by atoms with Gasteiger partial charge in [0.25, 0.3) is 5.56 Å². The third-order valence-corrected chi connectivity index (χ3v) is 4.24. The van der Waals surface area contributed by atoms with Crippen LogP contribution in [0.25, 0.3) is 10.8 Å². The lowest BCUT2D eigenvalue weighted by Crippen LogP contribution is -2.27. The molecular weight excluding hydrogens is 328 g/mol. The molecule has 0 aliphatic rings. The summed E-state index contributed by atoms with van der Waals surface area (Å²) in [4.78, 5) is 25.3. The molecular formula is C21H22N2O3. The van der Waals surface area contributed by atoms with Gasteiger partial charge in [-0.25, -0.2) is 9.48 Å². The Morgan fingerprint density at radius 1 is 0.962 bits per heavy atom. The van der Waals surface area contributed by atoms with E-state index in [9.17, 15) is 9.59 Å². The summed E-state index contributed by atoms with van der Waals surface area (Å²) < 4.78 is 6.82. The number of carbonyl (C=O) groups excluding carboxylic acids is 1. The van der Waals surface area contributed by atoms with Crippen molar-refractivity contribution in [1.82, 2.24) is 9.78 Å². The van der Waals surface area contributed by atoms with E-state index >= 15 is 0 Å². The minimum atomic E-state index is -0.560. The minimum absolute atomic E-state index is 0.166. The lowest BCUT2D eigenvalue weighted by molar-refractivity contribution is 0.0728. The zero-order chi connectivity index (χ0) is 18.4. The summed E-state index contributed by atoms with van der Waals surface area (Å²) in [6, 6.07) is 15.9. The first-order chi connectivity index (χ1) is 12.7. The van der Waals surface area contributed by atoms with Gasteiger partial charge >= 0.3 is 5.97 Å².